The molecule has 1 atom stereocenters. The molecule has 126 valence electrons. The molecule has 0 aromatic heterocycles. The van der Waals surface area contributed by atoms with Gasteiger partial charge in [-0.05, 0) is 31.5 Å². The van der Waals surface area contributed by atoms with E-state index in [1.54, 1.807) is 6.92 Å². The molecular formula is C14H15ClFNO5S. The molecule has 1 fully saturated rings. The molecule has 1 N–H and O–H groups in total. The lowest BCUT2D eigenvalue weighted by Gasteiger charge is -2.23. The topological polar surface area (TPSA) is 89.5 Å². The second-order valence-electron chi connectivity index (χ2n) is 5.65. The zero-order valence-corrected chi connectivity index (χ0v) is 13.8. The number of hydrogen-bond acceptors (Lipinski definition) is 5. The van der Waals surface area contributed by atoms with Crippen LogP contribution < -0.4 is 5.32 Å². The summed E-state index contributed by atoms with van der Waals surface area (Å²) >= 11 is 5.72. The van der Waals surface area contributed by atoms with Crippen molar-refractivity contribution in [2.24, 2.45) is 0 Å². The molecule has 0 bridgehead atoms. The Bertz CT molecular complexity index is 752. The number of nitrogens with one attached hydrogen (secondary N) is 1. The summed E-state index contributed by atoms with van der Waals surface area (Å²) in [7, 11) is -3.16. The Morgan fingerprint density at radius 3 is 2.70 bits per heavy atom. The van der Waals surface area contributed by atoms with E-state index in [2.05, 4.69) is 5.32 Å². The molecule has 6 nitrogen and oxygen atoms in total. The second kappa shape index (κ2) is 6.45. The van der Waals surface area contributed by atoms with Crippen LogP contribution in [0.3, 0.4) is 0 Å². The average Bonchev–Trinajstić information content (AvgIpc) is 2.69. The largest absolute Gasteiger partial charge is 0.452 e. The molecule has 1 saturated heterocycles. The fraction of sp³-hybridized carbons (Fsp3) is 0.429. The summed E-state index contributed by atoms with van der Waals surface area (Å²) in [5.74, 6) is -2.22. The number of halogens is 2. The predicted molar refractivity (Wildman–Crippen MR) is 81.5 cm³/mol. The first kappa shape index (κ1) is 17.7. The molecule has 1 aliphatic heterocycles. The lowest BCUT2D eigenvalue weighted by molar-refractivity contribution is -0.125. The smallest absolute Gasteiger partial charge is 0.340 e. The van der Waals surface area contributed by atoms with Gasteiger partial charge in [-0.3, -0.25) is 4.79 Å². The summed E-state index contributed by atoms with van der Waals surface area (Å²) in [5, 5.41) is 2.43. The highest BCUT2D eigenvalue weighted by molar-refractivity contribution is 7.91. The third-order valence-electron chi connectivity index (χ3n) is 3.43. The number of esters is 1. The number of benzene rings is 1. The Kier molecular flexibility index (Phi) is 4.95. The average molecular weight is 364 g/mol. The van der Waals surface area contributed by atoms with Crippen LogP contribution in [-0.2, 0) is 19.4 Å². The van der Waals surface area contributed by atoms with Crippen LogP contribution in [0, 0.1) is 5.82 Å². The summed E-state index contributed by atoms with van der Waals surface area (Å²) < 4.78 is 40.6. The normalized spacial score (nSPS) is 22.6. The maximum Gasteiger partial charge on any atom is 0.340 e. The highest BCUT2D eigenvalue weighted by atomic mass is 35.5. The van der Waals surface area contributed by atoms with Crippen LogP contribution in [-0.4, -0.2) is 43.9 Å². The SMILES string of the molecule is C[C@]1(NC(=O)COC(=O)c2ccc(F)cc2Cl)CCS(=O)(=O)C1. The number of rotatable bonds is 4. The Morgan fingerprint density at radius 2 is 2.13 bits per heavy atom. The summed E-state index contributed by atoms with van der Waals surface area (Å²) in [6.07, 6.45) is 0.304. The van der Waals surface area contributed by atoms with Crippen LogP contribution in [0.5, 0.6) is 0 Å². The van der Waals surface area contributed by atoms with Gasteiger partial charge in [-0.2, -0.15) is 0 Å². The first-order valence-corrected chi connectivity index (χ1v) is 8.94. The quantitative estimate of drug-likeness (QED) is 0.815. The van der Waals surface area contributed by atoms with Gasteiger partial charge in [0.05, 0.1) is 27.6 Å². The van der Waals surface area contributed by atoms with Crippen LogP contribution in [0.15, 0.2) is 18.2 Å². The van der Waals surface area contributed by atoms with Crippen LogP contribution in [0.25, 0.3) is 0 Å². The Labute approximate surface area is 137 Å². The van der Waals surface area contributed by atoms with Crippen molar-refractivity contribution in [2.45, 2.75) is 18.9 Å². The van der Waals surface area contributed by atoms with Crippen molar-refractivity contribution in [3.63, 3.8) is 0 Å². The molecule has 0 aliphatic carbocycles. The van der Waals surface area contributed by atoms with Crippen molar-refractivity contribution in [3.05, 3.63) is 34.6 Å². The van der Waals surface area contributed by atoms with Gasteiger partial charge in [-0.25, -0.2) is 17.6 Å². The summed E-state index contributed by atoms with van der Waals surface area (Å²) in [6.45, 7) is 1.04. The molecular weight excluding hydrogens is 349 g/mol. The summed E-state index contributed by atoms with van der Waals surface area (Å²) in [5.41, 5.74) is -0.925. The molecule has 2 rings (SSSR count). The number of amides is 1. The first-order valence-electron chi connectivity index (χ1n) is 6.74. The number of carbonyl (C=O) groups is 2. The zero-order valence-electron chi connectivity index (χ0n) is 12.3. The second-order valence-corrected chi connectivity index (χ2v) is 8.24. The maximum atomic E-state index is 12.9. The van der Waals surface area contributed by atoms with Gasteiger partial charge >= 0.3 is 5.97 Å². The van der Waals surface area contributed by atoms with Crippen molar-refractivity contribution >= 4 is 33.3 Å². The van der Waals surface area contributed by atoms with E-state index in [0.717, 1.165) is 18.2 Å². The van der Waals surface area contributed by atoms with Gasteiger partial charge in [-0.15, -0.1) is 0 Å². The highest BCUT2D eigenvalue weighted by Gasteiger charge is 2.39. The van der Waals surface area contributed by atoms with Crippen LogP contribution in [0.2, 0.25) is 5.02 Å². The van der Waals surface area contributed by atoms with Gasteiger partial charge in [0.2, 0.25) is 0 Å². The highest BCUT2D eigenvalue weighted by Crippen LogP contribution is 2.22. The summed E-state index contributed by atoms with van der Waals surface area (Å²) in [6, 6.07) is 3.17. The van der Waals surface area contributed by atoms with Crippen LogP contribution >= 0.6 is 11.6 Å². The number of carbonyl (C=O) groups excluding carboxylic acids is 2. The fourth-order valence-electron chi connectivity index (χ4n) is 2.35. The minimum absolute atomic E-state index is 0.00869. The van der Waals surface area contributed by atoms with Crippen molar-refractivity contribution in [3.8, 4) is 0 Å². The molecule has 1 aliphatic rings. The molecule has 1 aromatic rings. The number of hydrogen-bond donors (Lipinski definition) is 1. The molecule has 0 unspecified atom stereocenters. The Hall–Kier alpha value is -1.67. The first-order chi connectivity index (χ1) is 10.6. The van der Waals surface area contributed by atoms with Crippen molar-refractivity contribution < 1.29 is 27.1 Å². The lowest BCUT2D eigenvalue weighted by Crippen LogP contribution is -2.48. The molecule has 0 saturated carbocycles. The maximum absolute atomic E-state index is 12.9. The van der Waals surface area contributed by atoms with Crippen LogP contribution in [0.4, 0.5) is 4.39 Å². The third kappa shape index (κ3) is 4.65. The number of sulfone groups is 1. The Morgan fingerprint density at radius 1 is 1.43 bits per heavy atom. The minimum Gasteiger partial charge on any atom is -0.452 e. The van der Waals surface area contributed by atoms with E-state index in [1.165, 1.54) is 0 Å². The van der Waals surface area contributed by atoms with Crippen LogP contribution in [0.1, 0.15) is 23.7 Å². The van der Waals surface area contributed by atoms with Crippen molar-refractivity contribution in [2.75, 3.05) is 18.1 Å². The fourth-order valence-corrected chi connectivity index (χ4v) is 4.68. The van der Waals surface area contributed by atoms with Gasteiger partial charge in [0.1, 0.15) is 5.82 Å². The lowest BCUT2D eigenvalue weighted by atomic mass is 10.0. The van der Waals surface area contributed by atoms with Gasteiger partial charge in [0.15, 0.2) is 16.4 Å². The van der Waals surface area contributed by atoms with Gasteiger partial charge in [0, 0.05) is 0 Å². The molecule has 1 aromatic carbocycles. The predicted octanol–water partition coefficient (Wildman–Crippen LogP) is 1.33. The van der Waals surface area contributed by atoms with Crippen molar-refractivity contribution in [1.82, 2.24) is 5.32 Å². The van der Waals surface area contributed by atoms with E-state index in [-0.39, 0.29) is 22.1 Å². The van der Waals surface area contributed by atoms with E-state index in [9.17, 15) is 22.4 Å². The number of ether oxygens (including phenoxy) is 1. The summed E-state index contributed by atoms with van der Waals surface area (Å²) in [4.78, 5) is 23.6. The Balaban J connectivity index is 1.90. The monoisotopic (exact) mass is 363 g/mol. The van der Waals surface area contributed by atoms with E-state index in [1.807, 2.05) is 0 Å². The van der Waals surface area contributed by atoms with E-state index < -0.39 is 39.7 Å². The minimum atomic E-state index is -3.16. The zero-order chi connectivity index (χ0) is 17.3. The molecule has 9 heteroatoms. The van der Waals surface area contributed by atoms with E-state index >= 15 is 0 Å². The standard InChI is InChI=1S/C14H15ClFNO5S/c1-14(4-5-23(20,21)8-14)17-12(18)7-22-13(19)10-3-2-9(16)6-11(10)15/h2-3,6H,4-5,7-8H2,1H3,(H,17,18)/t14-/m0/s1. The molecule has 0 radical (unpaired) electrons. The van der Waals surface area contributed by atoms with Crippen molar-refractivity contribution in [1.29, 1.82) is 0 Å². The molecule has 23 heavy (non-hydrogen) atoms. The van der Waals surface area contributed by atoms with Gasteiger partial charge < -0.3 is 10.1 Å². The third-order valence-corrected chi connectivity index (χ3v) is 5.65. The van der Waals surface area contributed by atoms with E-state index in [4.69, 9.17) is 16.3 Å². The molecule has 0 spiro atoms. The molecule has 1 amide bonds. The van der Waals surface area contributed by atoms with Gasteiger partial charge in [0.25, 0.3) is 5.91 Å². The molecule has 1 heterocycles. The van der Waals surface area contributed by atoms with E-state index in [0.29, 0.717) is 6.42 Å². The van der Waals surface area contributed by atoms with Gasteiger partial charge in [-0.1, -0.05) is 11.6 Å².